The number of carbonyl (C=O) groups is 1. The van der Waals surface area contributed by atoms with Crippen LogP contribution in [0.2, 0.25) is 0 Å². The van der Waals surface area contributed by atoms with E-state index in [0.29, 0.717) is 48.7 Å². The monoisotopic (exact) mass is 407 g/mol. The molecule has 3 aromatic heterocycles. The molecule has 3 heterocycles. The van der Waals surface area contributed by atoms with Gasteiger partial charge in [-0.05, 0) is 24.6 Å². The molecular weight excluding hydrogens is 382 g/mol. The van der Waals surface area contributed by atoms with E-state index in [1.165, 1.54) is 0 Å². The molecule has 1 aromatic carbocycles. The van der Waals surface area contributed by atoms with Gasteiger partial charge in [-0.15, -0.1) is 0 Å². The van der Waals surface area contributed by atoms with E-state index < -0.39 is 0 Å². The zero-order valence-electron chi connectivity index (χ0n) is 17.1. The average Bonchev–Trinajstić information content (AvgIpc) is 3.27. The Morgan fingerprint density at radius 2 is 1.97 bits per heavy atom. The molecule has 0 radical (unpaired) electrons. The fourth-order valence-corrected chi connectivity index (χ4v) is 3.57. The first-order valence-electron chi connectivity index (χ1n) is 9.88. The van der Waals surface area contributed by atoms with Gasteiger partial charge in [-0.3, -0.25) is 9.48 Å². The Morgan fingerprint density at radius 3 is 2.67 bits per heavy atom. The topological polar surface area (TPSA) is 113 Å². The molecule has 0 aliphatic carbocycles. The molecule has 4 aromatic rings. The number of methoxy groups -OCH3 is 1. The van der Waals surface area contributed by atoms with E-state index in [1.807, 2.05) is 41.9 Å². The maximum Gasteiger partial charge on any atom is 0.257 e. The number of amides is 1. The number of nitrogens with two attached hydrogens (primary N) is 1. The minimum absolute atomic E-state index is 0.255. The number of hydrogen-bond acceptors (Lipinski definition) is 6. The number of fused-ring (bicyclic) bond motifs is 2. The Kier molecular flexibility index (Phi) is 5.62. The summed E-state index contributed by atoms with van der Waals surface area (Å²) in [4.78, 5) is 22.5. The first-order valence-corrected chi connectivity index (χ1v) is 9.88. The number of rotatable bonds is 8. The number of anilines is 1. The highest BCUT2D eigenvalue weighted by Crippen LogP contribution is 2.28. The molecule has 0 bridgehead atoms. The van der Waals surface area contributed by atoms with Crippen LogP contribution in [0.5, 0.6) is 0 Å². The van der Waals surface area contributed by atoms with Crippen molar-refractivity contribution >= 4 is 33.9 Å². The maximum atomic E-state index is 13.1. The van der Waals surface area contributed by atoms with Gasteiger partial charge >= 0.3 is 0 Å². The smallest absolute Gasteiger partial charge is 0.257 e. The van der Waals surface area contributed by atoms with E-state index in [0.717, 1.165) is 23.1 Å². The van der Waals surface area contributed by atoms with E-state index in [-0.39, 0.29) is 5.91 Å². The largest absolute Gasteiger partial charge is 0.385 e. The van der Waals surface area contributed by atoms with Gasteiger partial charge < -0.3 is 20.4 Å². The molecule has 0 aliphatic rings. The fourth-order valence-electron chi connectivity index (χ4n) is 3.57. The number of ether oxygens (including phenoxy) is 1. The van der Waals surface area contributed by atoms with E-state index >= 15 is 0 Å². The van der Waals surface area contributed by atoms with Crippen LogP contribution in [0.1, 0.15) is 22.5 Å². The molecule has 0 atom stereocenters. The van der Waals surface area contributed by atoms with Crippen molar-refractivity contribution in [1.29, 1.82) is 0 Å². The zero-order chi connectivity index (χ0) is 21.1. The Labute approximate surface area is 173 Å². The van der Waals surface area contributed by atoms with E-state index in [4.69, 9.17) is 20.4 Å². The maximum absolute atomic E-state index is 13.1. The van der Waals surface area contributed by atoms with Crippen LogP contribution < -0.4 is 11.1 Å². The lowest BCUT2D eigenvalue weighted by molar-refractivity contribution is 0.0956. The van der Waals surface area contributed by atoms with Crippen molar-refractivity contribution < 1.29 is 9.53 Å². The number of nitrogen functional groups attached to an aromatic ring is 1. The van der Waals surface area contributed by atoms with Gasteiger partial charge in [0.2, 0.25) is 0 Å². The molecule has 0 unspecified atom stereocenters. The van der Waals surface area contributed by atoms with Crippen LogP contribution in [-0.4, -0.2) is 50.5 Å². The highest BCUT2D eigenvalue weighted by Gasteiger charge is 2.23. The van der Waals surface area contributed by atoms with E-state index in [9.17, 15) is 4.79 Å². The minimum Gasteiger partial charge on any atom is -0.385 e. The fraction of sp³-hybridized carbons (Fsp3) is 0.333. The molecule has 0 spiro atoms. The summed E-state index contributed by atoms with van der Waals surface area (Å²) in [7, 11) is 3.54. The van der Waals surface area contributed by atoms with Crippen LogP contribution in [0, 0.1) is 0 Å². The molecule has 156 valence electrons. The highest BCUT2D eigenvalue weighted by molar-refractivity contribution is 6.10. The van der Waals surface area contributed by atoms with Crippen LogP contribution >= 0.6 is 0 Å². The van der Waals surface area contributed by atoms with Crippen LogP contribution in [0.25, 0.3) is 22.2 Å². The first-order chi connectivity index (χ1) is 14.6. The third kappa shape index (κ3) is 3.71. The van der Waals surface area contributed by atoms with Gasteiger partial charge in [0.05, 0.1) is 11.0 Å². The quantitative estimate of drug-likeness (QED) is 0.432. The number of aromatic nitrogens is 5. The van der Waals surface area contributed by atoms with Crippen LogP contribution in [0.15, 0.2) is 36.5 Å². The van der Waals surface area contributed by atoms with Crippen molar-refractivity contribution in [2.24, 2.45) is 7.05 Å². The van der Waals surface area contributed by atoms with Gasteiger partial charge in [-0.2, -0.15) is 5.10 Å². The molecule has 0 saturated heterocycles. The predicted molar refractivity (Wildman–Crippen MR) is 115 cm³/mol. The van der Waals surface area contributed by atoms with Crippen LogP contribution in [-0.2, 0) is 24.8 Å². The van der Waals surface area contributed by atoms with Crippen molar-refractivity contribution in [2.45, 2.75) is 19.4 Å². The number of benzene rings is 1. The Morgan fingerprint density at radius 1 is 1.20 bits per heavy atom. The second-order valence-corrected chi connectivity index (χ2v) is 7.09. The molecular formula is C21H25N7O2. The standard InChI is InChI=1S/C21H25N7O2/c1-27-14(9-11-24-27)8-10-23-21(29)17-18-20(28(19(17)22)12-5-13-30-2)26-16-7-4-3-6-15(16)25-18/h3-4,6-7,9,11H,5,8,10,12-13,22H2,1-2H3,(H,23,29). The molecule has 4 rings (SSSR count). The number of hydrogen-bond donors (Lipinski definition) is 2. The average molecular weight is 407 g/mol. The van der Waals surface area contributed by atoms with Gasteiger partial charge in [0.1, 0.15) is 16.9 Å². The normalized spacial score (nSPS) is 11.4. The summed E-state index contributed by atoms with van der Waals surface area (Å²) < 4.78 is 8.80. The van der Waals surface area contributed by atoms with Gasteiger partial charge in [-0.25, -0.2) is 9.97 Å². The lowest BCUT2D eigenvalue weighted by Crippen LogP contribution is -2.27. The molecule has 0 saturated carbocycles. The SMILES string of the molecule is COCCCn1c(N)c(C(=O)NCCc2ccnn2C)c2nc3ccccc3nc21. The first kappa shape index (κ1) is 19.8. The summed E-state index contributed by atoms with van der Waals surface area (Å²) >= 11 is 0. The Balaban J connectivity index is 1.68. The molecule has 9 heteroatoms. The second kappa shape index (κ2) is 8.50. The van der Waals surface area contributed by atoms with Crippen LogP contribution in [0.3, 0.4) is 0 Å². The zero-order valence-corrected chi connectivity index (χ0v) is 17.1. The lowest BCUT2D eigenvalue weighted by atomic mass is 10.2. The number of nitrogens with zero attached hydrogens (tertiary/aromatic N) is 5. The molecule has 3 N–H and O–H groups in total. The molecule has 9 nitrogen and oxygen atoms in total. The molecule has 0 fully saturated rings. The summed E-state index contributed by atoms with van der Waals surface area (Å²) in [5, 5.41) is 7.11. The summed E-state index contributed by atoms with van der Waals surface area (Å²) in [6.07, 6.45) is 3.16. The minimum atomic E-state index is -0.255. The summed E-state index contributed by atoms with van der Waals surface area (Å²) in [5.41, 5.74) is 10.4. The predicted octanol–water partition coefficient (Wildman–Crippen LogP) is 1.91. The molecule has 0 aliphatic heterocycles. The van der Waals surface area contributed by atoms with E-state index in [2.05, 4.69) is 10.4 Å². The Bertz CT molecular complexity index is 1190. The number of carbonyl (C=O) groups excluding carboxylic acids is 1. The van der Waals surface area contributed by atoms with E-state index in [1.54, 1.807) is 18.0 Å². The lowest BCUT2D eigenvalue weighted by Gasteiger charge is -2.08. The number of nitrogens with one attached hydrogen (secondary N) is 1. The molecule has 30 heavy (non-hydrogen) atoms. The van der Waals surface area contributed by atoms with Gasteiger partial charge in [-0.1, -0.05) is 12.1 Å². The third-order valence-electron chi connectivity index (χ3n) is 5.14. The highest BCUT2D eigenvalue weighted by atomic mass is 16.5. The summed E-state index contributed by atoms with van der Waals surface area (Å²) in [6, 6.07) is 9.52. The number of para-hydroxylation sites is 2. The Hall–Kier alpha value is -3.46. The molecule has 1 amide bonds. The van der Waals surface area contributed by atoms with Crippen LogP contribution in [0.4, 0.5) is 5.82 Å². The van der Waals surface area contributed by atoms with Gasteiger partial charge in [0.25, 0.3) is 5.91 Å². The second-order valence-electron chi connectivity index (χ2n) is 7.09. The summed E-state index contributed by atoms with van der Waals surface area (Å²) in [6.45, 7) is 1.65. The van der Waals surface area contributed by atoms with Crippen molar-refractivity contribution in [3.8, 4) is 0 Å². The number of aryl methyl sites for hydroxylation is 2. The van der Waals surface area contributed by atoms with Crippen molar-refractivity contribution in [3.05, 3.63) is 47.8 Å². The third-order valence-corrected chi connectivity index (χ3v) is 5.14. The van der Waals surface area contributed by atoms with Crippen molar-refractivity contribution in [1.82, 2.24) is 29.6 Å². The van der Waals surface area contributed by atoms with Gasteiger partial charge in [0, 0.05) is 52.2 Å². The van der Waals surface area contributed by atoms with Crippen molar-refractivity contribution in [3.63, 3.8) is 0 Å². The summed E-state index contributed by atoms with van der Waals surface area (Å²) in [5.74, 6) is 0.115. The van der Waals surface area contributed by atoms with Gasteiger partial charge in [0.15, 0.2) is 5.65 Å². The van der Waals surface area contributed by atoms with Crippen molar-refractivity contribution in [2.75, 3.05) is 26.0 Å².